The zero-order valence-electron chi connectivity index (χ0n) is 14.0. The van der Waals surface area contributed by atoms with Gasteiger partial charge < -0.3 is 10.1 Å². The van der Waals surface area contributed by atoms with Crippen molar-refractivity contribution < 1.29 is 22.7 Å². The van der Waals surface area contributed by atoms with Gasteiger partial charge in [0.1, 0.15) is 11.6 Å². The minimum Gasteiger partial charge on any atom is -0.435 e. The fourth-order valence-electron chi connectivity index (χ4n) is 2.70. The van der Waals surface area contributed by atoms with Crippen molar-refractivity contribution in [1.82, 2.24) is 4.90 Å². The highest BCUT2D eigenvalue weighted by atomic mass is 19.3. The van der Waals surface area contributed by atoms with Crippen molar-refractivity contribution in [3.05, 3.63) is 59.9 Å². The number of halogens is 3. The number of nitrogens with zero attached hydrogens (tertiary/aromatic N) is 1. The third-order valence-corrected chi connectivity index (χ3v) is 4.10. The second-order valence-electron chi connectivity index (χ2n) is 6.18. The van der Waals surface area contributed by atoms with Crippen LogP contribution in [0.15, 0.2) is 48.5 Å². The molecule has 0 atom stereocenters. The van der Waals surface area contributed by atoms with Crippen molar-refractivity contribution in [2.45, 2.75) is 32.0 Å². The van der Waals surface area contributed by atoms with E-state index in [4.69, 9.17) is 0 Å². The van der Waals surface area contributed by atoms with Gasteiger partial charge in [-0.2, -0.15) is 8.78 Å². The summed E-state index contributed by atoms with van der Waals surface area (Å²) >= 11 is 0. The molecule has 1 fully saturated rings. The second kappa shape index (κ2) is 8.23. The van der Waals surface area contributed by atoms with Crippen molar-refractivity contribution in [3.8, 4) is 5.75 Å². The van der Waals surface area contributed by atoms with Gasteiger partial charge in [-0.05, 0) is 43.2 Å². The van der Waals surface area contributed by atoms with Crippen molar-refractivity contribution in [3.63, 3.8) is 0 Å². The smallest absolute Gasteiger partial charge is 0.387 e. The lowest BCUT2D eigenvalue weighted by Crippen LogP contribution is -2.34. The number of alkyl halides is 2. The standard InChI is InChI=1S/C19H19F3N2O2/c20-17-4-2-1-3-13(17)11-24(15-7-8-15)12-18(25)23-14-5-9-16(10-6-14)26-19(21)22/h1-6,9-10,15,19H,7-8,11-12H2,(H,23,25). The third-order valence-electron chi connectivity index (χ3n) is 4.10. The van der Waals surface area contributed by atoms with Crippen LogP contribution in [0.4, 0.5) is 18.9 Å². The fraction of sp³-hybridized carbons (Fsp3) is 0.316. The Morgan fingerprint density at radius 3 is 2.46 bits per heavy atom. The number of hydrogen-bond donors (Lipinski definition) is 1. The minimum atomic E-state index is -2.89. The summed E-state index contributed by atoms with van der Waals surface area (Å²) in [6.45, 7) is -2.39. The molecule has 4 nitrogen and oxygen atoms in total. The first kappa shape index (κ1) is 18.3. The molecular formula is C19H19F3N2O2. The Bertz CT molecular complexity index is 749. The minimum absolute atomic E-state index is 0.0251. The van der Waals surface area contributed by atoms with E-state index in [9.17, 15) is 18.0 Å². The molecule has 0 aliphatic heterocycles. The molecule has 0 spiro atoms. The molecule has 1 N–H and O–H groups in total. The van der Waals surface area contributed by atoms with E-state index in [0.29, 0.717) is 17.8 Å². The lowest BCUT2D eigenvalue weighted by molar-refractivity contribution is -0.117. The van der Waals surface area contributed by atoms with Crippen LogP contribution in [0.3, 0.4) is 0 Å². The first-order chi connectivity index (χ1) is 12.5. The zero-order valence-corrected chi connectivity index (χ0v) is 14.0. The summed E-state index contributed by atoms with van der Waals surface area (Å²) in [5, 5.41) is 2.72. The van der Waals surface area contributed by atoms with Crippen molar-refractivity contribution >= 4 is 11.6 Å². The van der Waals surface area contributed by atoms with Gasteiger partial charge in [0.2, 0.25) is 5.91 Å². The molecule has 0 unspecified atom stereocenters. The van der Waals surface area contributed by atoms with E-state index in [-0.39, 0.29) is 30.1 Å². The Morgan fingerprint density at radius 1 is 1.15 bits per heavy atom. The summed E-state index contributed by atoms with van der Waals surface area (Å²) in [6, 6.07) is 12.5. The summed E-state index contributed by atoms with van der Waals surface area (Å²) in [5.41, 5.74) is 1.04. The molecular weight excluding hydrogens is 345 g/mol. The predicted molar refractivity (Wildman–Crippen MR) is 91.5 cm³/mol. The van der Waals surface area contributed by atoms with Gasteiger partial charge in [-0.3, -0.25) is 9.69 Å². The number of ether oxygens (including phenoxy) is 1. The fourth-order valence-corrected chi connectivity index (χ4v) is 2.70. The topological polar surface area (TPSA) is 41.6 Å². The van der Waals surface area contributed by atoms with Crippen LogP contribution < -0.4 is 10.1 Å². The molecule has 1 aliphatic rings. The Balaban J connectivity index is 1.57. The Kier molecular flexibility index (Phi) is 5.78. The molecule has 0 radical (unpaired) electrons. The van der Waals surface area contributed by atoms with Crippen molar-refractivity contribution in [1.29, 1.82) is 0 Å². The van der Waals surface area contributed by atoms with E-state index in [0.717, 1.165) is 12.8 Å². The van der Waals surface area contributed by atoms with Crippen molar-refractivity contribution in [2.75, 3.05) is 11.9 Å². The summed E-state index contributed by atoms with van der Waals surface area (Å²) < 4.78 is 42.4. The zero-order chi connectivity index (χ0) is 18.5. The van der Waals surface area contributed by atoms with Gasteiger partial charge >= 0.3 is 6.61 Å². The molecule has 1 amide bonds. The van der Waals surface area contributed by atoms with Crippen LogP contribution in [0, 0.1) is 5.82 Å². The van der Waals surface area contributed by atoms with Crippen LogP contribution in [0.25, 0.3) is 0 Å². The van der Waals surface area contributed by atoms with Crippen LogP contribution in [0.5, 0.6) is 5.75 Å². The summed E-state index contributed by atoms with van der Waals surface area (Å²) in [6.07, 6.45) is 1.97. The molecule has 26 heavy (non-hydrogen) atoms. The maximum absolute atomic E-state index is 13.9. The largest absolute Gasteiger partial charge is 0.435 e. The SMILES string of the molecule is O=C(CN(Cc1ccccc1F)C1CC1)Nc1ccc(OC(F)F)cc1. The van der Waals surface area contributed by atoms with Gasteiger partial charge in [-0.1, -0.05) is 18.2 Å². The highest BCUT2D eigenvalue weighted by Crippen LogP contribution is 2.28. The Hall–Kier alpha value is -2.54. The highest BCUT2D eigenvalue weighted by molar-refractivity contribution is 5.92. The van der Waals surface area contributed by atoms with E-state index < -0.39 is 6.61 Å². The molecule has 7 heteroatoms. The number of carbonyl (C=O) groups is 1. The van der Waals surface area contributed by atoms with Gasteiger partial charge in [0.05, 0.1) is 6.54 Å². The molecule has 0 aromatic heterocycles. The third kappa shape index (κ3) is 5.23. The highest BCUT2D eigenvalue weighted by Gasteiger charge is 2.30. The van der Waals surface area contributed by atoms with Crippen LogP contribution in [0.2, 0.25) is 0 Å². The maximum atomic E-state index is 13.9. The predicted octanol–water partition coefficient (Wildman–Crippen LogP) is 4.03. The van der Waals surface area contributed by atoms with Crippen LogP contribution in [-0.4, -0.2) is 30.0 Å². The number of benzene rings is 2. The lowest BCUT2D eigenvalue weighted by atomic mass is 10.2. The van der Waals surface area contributed by atoms with E-state index in [1.807, 2.05) is 4.90 Å². The molecule has 0 heterocycles. The van der Waals surface area contributed by atoms with E-state index >= 15 is 0 Å². The Morgan fingerprint density at radius 2 is 1.85 bits per heavy atom. The molecule has 138 valence electrons. The normalized spacial score (nSPS) is 13.9. The number of anilines is 1. The van der Waals surface area contributed by atoms with Gasteiger partial charge in [-0.25, -0.2) is 4.39 Å². The molecule has 2 aromatic rings. The summed E-state index contributed by atoms with van der Waals surface area (Å²) in [5.74, 6) is -0.499. The molecule has 1 saturated carbocycles. The summed E-state index contributed by atoms with van der Waals surface area (Å²) in [7, 11) is 0. The molecule has 3 rings (SSSR count). The van der Waals surface area contributed by atoms with Crippen LogP contribution in [0.1, 0.15) is 18.4 Å². The van der Waals surface area contributed by atoms with Gasteiger partial charge in [0.15, 0.2) is 0 Å². The van der Waals surface area contributed by atoms with Gasteiger partial charge in [0.25, 0.3) is 0 Å². The van der Waals surface area contributed by atoms with Crippen molar-refractivity contribution in [2.24, 2.45) is 0 Å². The van der Waals surface area contributed by atoms with Crippen LogP contribution >= 0.6 is 0 Å². The Labute approximate surface area is 149 Å². The van der Waals surface area contributed by atoms with Gasteiger partial charge in [-0.15, -0.1) is 0 Å². The average Bonchev–Trinajstić information content (AvgIpc) is 3.42. The quantitative estimate of drug-likeness (QED) is 0.769. The number of carbonyl (C=O) groups excluding carboxylic acids is 1. The van der Waals surface area contributed by atoms with E-state index in [1.165, 1.54) is 30.3 Å². The first-order valence-corrected chi connectivity index (χ1v) is 8.33. The molecule has 1 aliphatic carbocycles. The first-order valence-electron chi connectivity index (χ1n) is 8.33. The summed E-state index contributed by atoms with van der Waals surface area (Å²) in [4.78, 5) is 14.2. The van der Waals surface area contributed by atoms with Crippen LogP contribution in [-0.2, 0) is 11.3 Å². The second-order valence-corrected chi connectivity index (χ2v) is 6.18. The average molecular weight is 364 g/mol. The molecule has 2 aromatic carbocycles. The van der Waals surface area contributed by atoms with Gasteiger partial charge in [0, 0.05) is 23.8 Å². The molecule has 0 saturated heterocycles. The maximum Gasteiger partial charge on any atom is 0.387 e. The monoisotopic (exact) mass is 364 g/mol. The molecule has 0 bridgehead atoms. The number of rotatable bonds is 8. The number of nitrogens with one attached hydrogen (secondary N) is 1. The lowest BCUT2D eigenvalue weighted by Gasteiger charge is -2.21. The number of hydrogen-bond acceptors (Lipinski definition) is 3. The van der Waals surface area contributed by atoms with E-state index in [1.54, 1.807) is 18.2 Å². The number of amides is 1. The van der Waals surface area contributed by atoms with E-state index in [2.05, 4.69) is 10.1 Å².